The van der Waals surface area contributed by atoms with Gasteiger partial charge in [0.2, 0.25) is 0 Å². The van der Waals surface area contributed by atoms with Gasteiger partial charge in [0, 0.05) is 0 Å². The Kier molecular flexibility index (Phi) is 9.90. The molecule has 1 amide bonds. The van der Waals surface area contributed by atoms with E-state index >= 15 is 0 Å². The molecule has 0 spiro atoms. The molecule has 208 valence electrons. The maximum atomic E-state index is 14.2. The number of ether oxygens (including phenoxy) is 1. The quantitative estimate of drug-likeness (QED) is 0.146. The smallest absolute Gasteiger partial charge is 0.450 e. The molecule has 0 aliphatic rings. The van der Waals surface area contributed by atoms with E-state index in [0.29, 0.717) is 0 Å². The van der Waals surface area contributed by atoms with Crippen molar-refractivity contribution in [2.75, 3.05) is 19.2 Å². The van der Waals surface area contributed by atoms with Crippen molar-refractivity contribution in [2.24, 2.45) is 0 Å². The van der Waals surface area contributed by atoms with Crippen LogP contribution in [0.15, 0.2) is 121 Å². The first-order valence-corrected chi connectivity index (χ1v) is 15.9. The Morgan fingerprint density at radius 2 is 0.825 bits per heavy atom. The lowest BCUT2D eigenvalue weighted by atomic mass is 10.3. The summed E-state index contributed by atoms with van der Waals surface area (Å²) in [7, 11) is -8.31. The fourth-order valence-corrected chi connectivity index (χ4v) is 7.02. The van der Waals surface area contributed by atoms with Crippen molar-refractivity contribution < 1.29 is 36.8 Å². The molecule has 0 fully saturated rings. The van der Waals surface area contributed by atoms with Crippen molar-refractivity contribution in [3.63, 3.8) is 0 Å². The van der Waals surface area contributed by atoms with Crippen molar-refractivity contribution in [3.05, 3.63) is 121 Å². The van der Waals surface area contributed by atoms with Gasteiger partial charge in [-0.2, -0.15) is 0 Å². The van der Waals surface area contributed by atoms with E-state index in [0.717, 1.165) is 4.90 Å². The van der Waals surface area contributed by atoms with Crippen LogP contribution in [0.3, 0.4) is 0 Å². The molecule has 4 aromatic carbocycles. The summed E-state index contributed by atoms with van der Waals surface area (Å²) >= 11 is 0. The summed E-state index contributed by atoms with van der Waals surface area (Å²) < 4.78 is 56.9. The van der Waals surface area contributed by atoms with Crippen molar-refractivity contribution in [3.8, 4) is 23.0 Å². The van der Waals surface area contributed by atoms with Gasteiger partial charge in [-0.05, 0) is 55.5 Å². The van der Waals surface area contributed by atoms with Gasteiger partial charge in [-0.15, -0.1) is 0 Å². The minimum absolute atomic E-state index is 0.0160. The first-order chi connectivity index (χ1) is 19.4. The molecule has 40 heavy (non-hydrogen) atoms. The molecule has 0 aliphatic carbocycles. The molecule has 4 aromatic rings. The Bertz CT molecular complexity index is 1250. The Morgan fingerprint density at radius 3 is 1.07 bits per heavy atom. The average molecular weight is 581 g/mol. The van der Waals surface area contributed by atoms with Crippen LogP contribution in [0.4, 0.5) is 4.79 Å². The lowest BCUT2D eigenvalue weighted by Gasteiger charge is -2.29. The Hall–Kier alpha value is -4.19. The van der Waals surface area contributed by atoms with Crippen LogP contribution >= 0.6 is 15.2 Å². The SMILES string of the molecule is CCOC(=O)N(CP(=O)(Oc1ccccc1)Oc1ccccc1)CP(=O)(Oc1ccccc1)Oc1ccccc1. The number of nitrogens with zero attached hydrogens (tertiary/aromatic N) is 1. The van der Waals surface area contributed by atoms with E-state index in [1.165, 1.54) is 0 Å². The highest BCUT2D eigenvalue weighted by molar-refractivity contribution is 7.55. The minimum Gasteiger partial charge on any atom is -0.450 e. The molecule has 0 atom stereocenters. The van der Waals surface area contributed by atoms with Gasteiger partial charge in [-0.3, -0.25) is 4.90 Å². The Labute approximate surface area is 233 Å². The molecule has 0 radical (unpaired) electrons. The van der Waals surface area contributed by atoms with Crippen LogP contribution in [-0.4, -0.2) is 30.2 Å². The predicted molar refractivity (Wildman–Crippen MR) is 152 cm³/mol. The molecular weight excluding hydrogens is 552 g/mol. The monoisotopic (exact) mass is 581 g/mol. The van der Waals surface area contributed by atoms with Gasteiger partial charge < -0.3 is 22.8 Å². The van der Waals surface area contributed by atoms with E-state index < -0.39 is 33.9 Å². The second-order valence-electron chi connectivity index (χ2n) is 8.36. The van der Waals surface area contributed by atoms with Crippen molar-refractivity contribution in [1.29, 1.82) is 0 Å². The van der Waals surface area contributed by atoms with E-state index in [1.54, 1.807) is 128 Å². The fraction of sp³-hybridized carbons (Fsp3) is 0.138. The summed E-state index contributed by atoms with van der Waals surface area (Å²) in [6, 6.07) is 33.7. The van der Waals surface area contributed by atoms with Gasteiger partial charge in [0.1, 0.15) is 35.6 Å². The summed E-state index contributed by atoms with van der Waals surface area (Å²) in [5.74, 6) is 1.04. The second kappa shape index (κ2) is 13.7. The van der Waals surface area contributed by atoms with Gasteiger partial charge in [0.25, 0.3) is 0 Å². The van der Waals surface area contributed by atoms with Crippen molar-refractivity contribution in [2.45, 2.75) is 6.92 Å². The number of hydrogen-bond acceptors (Lipinski definition) is 8. The number of rotatable bonds is 13. The zero-order valence-electron chi connectivity index (χ0n) is 21.8. The van der Waals surface area contributed by atoms with Gasteiger partial charge in [0.05, 0.1) is 6.61 Å². The summed E-state index contributed by atoms with van der Waals surface area (Å²) in [6.07, 6.45) is -2.13. The lowest BCUT2D eigenvalue weighted by Crippen LogP contribution is -2.36. The first kappa shape index (κ1) is 28.8. The molecule has 0 unspecified atom stereocenters. The summed E-state index contributed by atoms with van der Waals surface area (Å²) in [6.45, 7) is 1.64. The molecule has 0 N–H and O–H groups in total. The topological polar surface area (TPSA) is 101 Å². The molecule has 0 saturated heterocycles. The maximum absolute atomic E-state index is 14.2. The van der Waals surface area contributed by atoms with E-state index in [1.807, 2.05) is 0 Å². The highest BCUT2D eigenvalue weighted by Crippen LogP contribution is 2.53. The van der Waals surface area contributed by atoms with Crippen LogP contribution in [0.1, 0.15) is 6.92 Å². The number of para-hydroxylation sites is 4. The van der Waals surface area contributed by atoms with Crippen molar-refractivity contribution >= 4 is 21.3 Å². The standard InChI is InChI=1S/C29H29NO8P2/c1-2-34-29(31)30(23-39(32,35-25-15-7-3-8-16-25)36-26-17-9-4-10-18-26)24-40(33,37-27-19-11-5-12-20-27)38-28-21-13-6-14-22-28/h3-22H,2,23-24H2,1H3. The van der Waals surface area contributed by atoms with Gasteiger partial charge in [-0.1, -0.05) is 72.8 Å². The van der Waals surface area contributed by atoms with Crippen LogP contribution in [0.5, 0.6) is 23.0 Å². The highest BCUT2D eigenvalue weighted by atomic mass is 31.2. The molecule has 9 nitrogen and oxygen atoms in total. The Morgan fingerprint density at radius 1 is 0.550 bits per heavy atom. The second-order valence-corrected chi connectivity index (χ2v) is 12.1. The zero-order chi connectivity index (χ0) is 28.3. The van der Waals surface area contributed by atoms with Gasteiger partial charge in [0.15, 0.2) is 0 Å². The fourth-order valence-electron chi connectivity index (χ4n) is 3.51. The number of amides is 1. The number of carbonyl (C=O) groups is 1. The minimum atomic E-state index is -4.15. The third-order valence-electron chi connectivity index (χ3n) is 5.16. The summed E-state index contributed by atoms with van der Waals surface area (Å²) in [5.41, 5.74) is 0. The van der Waals surface area contributed by atoms with Gasteiger partial charge >= 0.3 is 21.3 Å². The molecular formula is C29H29NO8P2. The average Bonchev–Trinajstić information content (AvgIpc) is 2.95. The molecule has 0 aromatic heterocycles. The van der Waals surface area contributed by atoms with Crippen LogP contribution in [0.25, 0.3) is 0 Å². The van der Waals surface area contributed by atoms with E-state index in [-0.39, 0.29) is 29.6 Å². The van der Waals surface area contributed by atoms with Gasteiger partial charge in [-0.25, -0.2) is 13.9 Å². The van der Waals surface area contributed by atoms with E-state index in [2.05, 4.69) is 0 Å². The first-order valence-electron chi connectivity index (χ1n) is 12.4. The summed E-state index contributed by atoms with van der Waals surface area (Å²) in [4.78, 5) is 14.1. The van der Waals surface area contributed by atoms with Crippen LogP contribution in [0, 0.1) is 0 Å². The third-order valence-corrected chi connectivity index (χ3v) is 8.50. The van der Waals surface area contributed by atoms with Crippen LogP contribution in [0.2, 0.25) is 0 Å². The van der Waals surface area contributed by atoms with Crippen LogP contribution < -0.4 is 18.1 Å². The number of hydrogen-bond donors (Lipinski definition) is 0. The normalized spacial score (nSPS) is 11.2. The molecule has 0 saturated carbocycles. The summed E-state index contributed by atoms with van der Waals surface area (Å²) in [5, 5.41) is 0. The van der Waals surface area contributed by atoms with Crippen LogP contribution in [-0.2, 0) is 13.9 Å². The molecule has 0 aliphatic heterocycles. The third kappa shape index (κ3) is 8.67. The maximum Gasteiger partial charge on any atom is 0.450 e. The highest BCUT2D eigenvalue weighted by Gasteiger charge is 2.40. The molecule has 0 bridgehead atoms. The van der Waals surface area contributed by atoms with Crippen molar-refractivity contribution in [1.82, 2.24) is 4.90 Å². The molecule has 0 heterocycles. The number of carbonyl (C=O) groups excluding carboxylic acids is 1. The molecule has 4 rings (SSSR count). The van der Waals surface area contributed by atoms with E-state index in [9.17, 15) is 13.9 Å². The zero-order valence-corrected chi connectivity index (χ0v) is 23.6. The predicted octanol–water partition coefficient (Wildman–Crippen LogP) is 8.06. The Balaban J connectivity index is 1.68. The molecule has 11 heteroatoms. The van der Waals surface area contributed by atoms with E-state index in [4.69, 9.17) is 22.8 Å². The largest absolute Gasteiger partial charge is 0.450 e. The number of benzene rings is 4. The lowest BCUT2D eigenvalue weighted by molar-refractivity contribution is 0.115.